The number of halogens is 1. The van der Waals surface area contributed by atoms with Gasteiger partial charge in [-0.05, 0) is 35.8 Å². The van der Waals surface area contributed by atoms with Gasteiger partial charge in [0, 0.05) is 23.7 Å². The van der Waals surface area contributed by atoms with E-state index in [-0.39, 0.29) is 11.4 Å². The third-order valence-corrected chi connectivity index (χ3v) is 3.76. The highest BCUT2D eigenvalue weighted by atomic mass is 79.9. The number of hydrogen-bond acceptors (Lipinski definition) is 4. The van der Waals surface area contributed by atoms with Crippen molar-refractivity contribution in [1.82, 2.24) is 4.90 Å². The Morgan fingerprint density at radius 2 is 2.00 bits per heavy atom. The number of carbonyl (C=O) groups is 2. The number of carbonyl (C=O) groups excluding carboxylic acids is 1. The van der Waals surface area contributed by atoms with Crippen LogP contribution in [0.1, 0.15) is 13.8 Å². The summed E-state index contributed by atoms with van der Waals surface area (Å²) in [6.45, 7) is 2.74. The first kappa shape index (κ1) is 16.9. The lowest BCUT2D eigenvalue weighted by Gasteiger charge is -2.31. The SMILES string of the molecule is CN(C(=O)Nc1cc([N+](=O)[O-])ccc1Br)C(C)(C)C(=O)O. The molecule has 0 spiro atoms. The molecular weight excluding hydrogens is 346 g/mol. The van der Waals surface area contributed by atoms with Crippen LogP contribution in [-0.2, 0) is 4.79 Å². The fourth-order valence-electron chi connectivity index (χ4n) is 1.32. The van der Waals surface area contributed by atoms with E-state index in [0.717, 1.165) is 4.90 Å². The summed E-state index contributed by atoms with van der Waals surface area (Å²) >= 11 is 3.16. The van der Waals surface area contributed by atoms with Gasteiger partial charge < -0.3 is 15.3 Å². The van der Waals surface area contributed by atoms with Crippen molar-refractivity contribution in [2.24, 2.45) is 0 Å². The van der Waals surface area contributed by atoms with Crippen molar-refractivity contribution in [2.75, 3.05) is 12.4 Å². The van der Waals surface area contributed by atoms with E-state index in [1.54, 1.807) is 0 Å². The Bertz CT molecular complexity index is 603. The summed E-state index contributed by atoms with van der Waals surface area (Å²) in [5, 5.41) is 22.2. The van der Waals surface area contributed by atoms with Crippen molar-refractivity contribution in [1.29, 1.82) is 0 Å². The molecule has 0 aliphatic heterocycles. The zero-order valence-electron chi connectivity index (χ0n) is 11.6. The van der Waals surface area contributed by atoms with Crippen LogP contribution in [-0.4, -0.2) is 39.5 Å². The van der Waals surface area contributed by atoms with Gasteiger partial charge in [-0.3, -0.25) is 10.1 Å². The van der Waals surface area contributed by atoms with E-state index in [1.807, 2.05) is 0 Å². The number of nitrogens with zero attached hydrogens (tertiary/aromatic N) is 2. The predicted molar refractivity (Wildman–Crippen MR) is 79.3 cm³/mol. The Morgan fingerprint density at radius 1 is 1.43 bits per heavy atom. The highest BCUT2D eigenvalue weighted by molar-refractivity contribution is 9.10. The van der Waals surface area contributed by atoms with Crippen molar-refractivity contribution in [2.45, 2.75) is 19.4 Å². The maximum Gasteiger partial charge on any atom is 0.329 e. The molecule has 21 heavy (non-hydrogen) atoms. The lowest BCUT2D eigenvalue weighted by Crippen LogP contribution is -2.52. The third kappa shape index (κ3) is 3.69. The number of likely N-dealkylation sites (N-methyl/N-ethyl adjacent to an activating group) is 1. The fourth-order valence-corrected chi connectivity index (χ4v) is 1.66. The number of rotatable bonds is 4. The molecule has 0 aromatic heterocycles. The Balaban J connectivity index is 3.01. The van der Waals surface area contributed by atoms with E-state index in [9.17, 15) is 19.7 Å². The number of nitro benzene ring substituents is 1. The molecule has 1 rings (SSSR count). The molecule has 1 aromatic rings. The van der Waals surface area contributed by atoms with Crippen molar-refractivity contribution in [3.8, 4) is 0 Å². The maximum atomic E-state index is 12.1. The van der Waals surface area contributed by atoms with Crippen LogP contribution in [0.4, 0.5) is 16.2 Å². The van der Waals surface area contributed by atoms with Gasteiger partial charge in [-0.25, -0.2) is 9.59 Å². The molecule has 0 saturated heterocycles. The number of anilines is 1. The first-order chi connectivity index (χ1) is 9.57. The second-order valence-corrected chi connectivity index (χ2v) is 5.63. The van der Waals surface area contributed by atoms with Crippen LogP contribution in [0.15, 0.2) is 22.7 Å². The Hall–Kier alpha value is -2.16. The van der Waals surface area contributed by atoms with Gasteiger partial charge in [0.25, 0.3) is 5.69 Å². The average Bonchev–Trinajstić information content (AvgIpc) is 2.39. The predicted octanol–water partition coefficient (Wildman–Crippen LogP) is 2.68. The van der Waals surface area contributed by atoms with Crippen LogP contribution < -0.4 is 5.32 Å². The number of benzene rings is 1. The van der Waals surface area contributed by atoms with Gasteiger partial charge in [0.1, 0.15) is 5.54 Å². The maximum absolute atomic E-state index is 12.1. The Kier molecular flexibility index (Phi) is 4.89. The van der Waals surface area contributed by atoms with E-state index >= 15 is 0 Å². The number of non-ortho nitro benzene ring substituents is 1. The molecule has 2 N–H and O–H groups in total. The van der Waals surface area contributed by atoms with Crippen LogP contribution >= 0.6 is 15.9 Å². The summed E-state index contributed by atoms with van der Waals surface area (Å²) in [7, 11) is 1.33. The standard InChI is InChI=1S/C12H14BrN3O5/c1-12(2,10(17)18)15(3)11(19)14-9-6-7(16(20)21)4-5-8(9)13/h4-6H,1-3H3,(H,14,19)(H,17,18). The molecule has 9 heteroatoms. The zero-order chi connectivity index (χ0) is 16.4. The zero-order valence-corrected chi connectivity index (χ0v) is 13.2. The molecule has 0 atom stereocenters. The van der Waals surface area contributed by atoms with Crippen LogP contribution in [0.5, 0.6) is 0 Å². The Morgan fingerprint density at radius 3 is 2.48 bits per heavy atom. The molecule has 0 fully saturated rings. The highest BCUT2D eigenvalue weighted by Gasteiger charge is 2.35. The Labute approximate surface area is 129 Å². The van der Waals surface area contributed by atoms with Crippen LogP contribution in [0.25, 0.3) is 0 Å². The number of urea groups is 1. The second kappa shape index (κ2) is 6.08. The van der Waals surface area contributed by atoms with E-state index in [1.165, 1.54) is 39.1 Å². The molecule has 114 valence electrons. The van der Waals surface area contributed by atoms with Crippen molar-refractivity contribution in [3.63, 3.8) is 0 Å². The minimum absolute atomic E-state index is 0.183. The van der Waals surface area contributed by atoms with Crippen LogP contribution in [0.2, 0.25) is 0 Å². The van der Waals surface area contributed by atoms with Gasteiger partial charge in [0.05, 0.1) is 10.6 Å². The largest absolute Gasteiger partial charge is 0.480 e. The number of nitro groups is 1. The smallest absolute Gasteiger partial charge is 0.329 e. The average molecular weight is 360 g/mol. The third-order valence-electron chi connectivity index (χ3n) is 3.07. The highest BCUT2D eigenvalue weighted by Crippen LogP contribution is 2.27. The van der Waals surface area contributed by atoms with Gasteiger partial charge >= 0.3 is 12.0 Å². The van der Waals surface area contributed by atoms with E-state index in [0.29, 0.717) is 4.47 Å². The second-order valence-electron chi connectivity index (χ2n) is 4.77. The van der Waals surface area contributed by atoms with Gasteiger partial charge in [0.15, 0.2) is 0 Å². The number of aliphatic carboxylic acids is 1. The summed E-state index contributed by atoms with van der Waals surface area (Å²) < 4.78 is 0.447. The minimum Gasteiger partial charge on any atom is -0.480 e. The summed E-state index contributed by atoms with van der Waals surface area (Å²) in [6, 6.07) is 3.20. The number of carboxylic acid groups (broad SMARTS) is 1. The lowest BCUT2D eigenvalue weighted by atomic mass is 10.1. The van der Waals surface area contributed by atoms with Crippen LogP contribution in [0.3, 0.4) is 0 Å². The monoisotopic (exact) mass is 359 g/mol. The quantitative estimate of drug-likeness (QED) is 0.633. The molecule has 0 bridgehead atoms. The lowest BCUT2D eigenvalue weighted by molar-refractivity contribution is -0.384. The molecule has 0 aliphatic rings. The minimum atomic E-state index is -1.42. The molecule has 0 radical (unpaired) electrons. The van der Waals surface area contributed by atoms with E-state index in [4.69, 9.17) is 5.11 Å². The molecule has 1 aromatic carbocycles. The van der Waals surface area contributed by atoms with E-state index in [2.05, 4.69) is 21.2 Å². The molecule has 0 unspecified atom stereocenters. The van der Waals surface area contributed by atoms with Crippen LogP contribution in [0, 0.1) is 10.1 Å². The van der Waals surface area contributed by atoms with E-state index < -0.39 is 22.5 Å². The summed E-state index contributed by atoms with van der Waals surface area (Å²) in [6.07, 6.45) is 0. The first-order valence-corrected chi connectivity index (χ1v) is 6.59. The van der Waals surface area contributed by atoms with Gasteiger partial charge in [-0.2, -0.15) is 0 Å². The summed E-state index contributed by atoms with van der Waals surface area (Å²) in [5.74, 6) is -1.17. The van der Waals surface area contributed by atoms with Gasteiger partial charge in [0.2, 0.25) is 0 Å². The fraction of sp³-hybridized carbons (Fsp3) is 0.333. The molecule has 2 amide bonds. The molecular formula is C12H14BrN3O5. The molecule has 0 saturated carbocycles. The number of carboxylic acids is 1. The molecule has 0 aliphatic carbocycles. The normalized spacial score (nSPS) is 10.9. The summed E-state index contributed by atoms with van der Waals surface area (Å²) in [4.78, 5) is 34.3. The summed E-state index contributed by atoms with van der Waals surface area (Å²) in [5.41, 5.74) is -1.42. The molecule has 0 heterocycles. The first-order valence-electron chi connectivity index (χ1n) is 5.79. The number of amides is 2. The molecule has 8 nitrogen and oxygen atoms in total. The number of nitrogens with one attached hydrogen (secondary N) is 1. The van der Waals surface area contributed by atoms with Gasteiger partial charge in [-0.1, -0.05) is 0 Å². The topological polar surface area (TPSA) is 113 Å². The van der Waals surface area contributed by atoms with Gasteiger partial charge in [-0.15, -0.1) is 0 Å². The van der Waals surface area contributed by atoms with Crippen molar-refractivity contribution >= 4 is 39.3 Å². The van der Waals surface area contributed by atoms with Crippen molar-refractivity contribution < 1.29 is 19.6 Å². The van der Waals surface area contributed by atoms with Crippen molar-refractivity contribution in [3.05, 3.63) is 32.8 Å². The number of hydrogen-bond donors (Lipinski definition) is 2.